The van der Waals surface area contributed by atoms with E-state index in [4.69, 9.17) is 9.47 Å². The van der Waals surface area contributed by atoms with Crippen LogP contribution >= 0.6 is 0 Å². The highest BCUT2D eigenvalue weighted by atomic mass is 16.6. The SMILES string of the molecule is CCOC(=O)CCc1ccc(Oc2ccccc2C=C[N+](=O)[O-])cc1C. The van der Waals surface area contributed by atoms with E-state index in [1.807, 2.05) is 25.1 Å². The number of aryl methyl sites for hydroxylation is 2. The molecule has 0 aliphatic carbocycles. The van der Waals surface area contributed by atoms with Crippen molar-refractivity contribution in [2.24, 2.45) is 0 Å². The first-order chi connectivity index (χ1) is 12.5. The minimum absolute atomic E-state index is 0.210. The van der Waals surface area contributed by atoms with E-state index in [1.165, 1.54) is 6.08 Å². The minimum Gasteiger partial charge on any atom is -0.466 e. The van der Waals surface area contributed by atoms with Crippen LogP contribution in [-0.2, 0) is 16.0 Å². The molecule has 0 spiro atoms. The van der Waals surface area contributed by atoms with Crippen LogP contribution in [0, 0.1) is 17.0 Å². The summed E-state index contributed by atoms with van der Waals surface area (Å²) in [5.74, 6) is 0.951. The van der Waals surface area contributed by atoms with E-state index >= 15 is 0 Å². The molecule has 6 heteroatoms. The molecule has 0 amide bonds. The molecule has 0 unspecified atom stereocenters. The quantitative estimate of drug-likeness (QED) is 0.395. The Hall–Kier alpha value is -3.15. The largest absolute Gasteiger partial charge is 0.466 e. The molecule has 0 fully saturated rings. The number of carbonyl (C=O) groups excluding carboxylic acids is 1. The van der Waals surface area contributed by atoms with Crippen molar-refractivity contribution in [1.82, 2.24) is 0 Å². The van der Waals surface area contributed by atoms with Crippen molar-refractivity contribution in [3.05, 3.63) is 75.5 Å². The molecule has 0 bridgehead atoms. The molecule has 0 aromatic heterocycles. The fraction of sp³-hybridized carbons (Fsp3) is 0.250. The van der Waals surface area contributed by atoms with Gasteiger partial charge in [0.15, 0.2) is 0 Å². The molecule has 0 saturated heterocycles. The zero-order valence-electron chi connectivity index (χ0n) is 14.8. The molecule has 2 aromatic rings. The summed E-state index contributed by atoms with van der Waals surface area (Å²) in [5.41, 5.74) is 2.67. The van der Waals surface area contributed by atoms with Crippen molar-refractivity contribution in [2.45, 2.75) is 26.7 Å². The molecule has 0 N–H and O–H groups in total. The Morgan fingerprint density at radius 2 is 2.00 bits per heavy atom. The lowest BCUT2D eigenvalue weighted by Gasteiger charge is -2.11. The zero-order chi connectivity index (χ0) is 18.9. The third-order valence-electron chi connectivity index (χ3n) is 3.74. The van der Waals surface area contributed by atoms with E-state index in [0.717, 1.165) is 17.3 Å². The third-order valence-corrected chi connectivity index (χ3v) is 3.74. The number of hydrogen-bond donors (Lipinski definition) is 0. The van der Waals surface area contributed by atoms with Gasteiger partial charge in [-0.1, -0.05) is 24.3 Å². The van der Waals surface area contributed by atoms with Crippen LogP contribution in [0.15, 0.2) is 48.7 Å². The highest BCUT2D eigenvalue weighted by molar-refractivity contribution is 5.69. The number of benzene rings is 2. The molecule has 0 atom stereocenters. The molecular formula is C20H21NO5. The first-order valence-electron chi connectivity index (χ1n) is 8.33. The summed E-state index contributed by atoms with van der Waals surface area (Å²) in [6, 6.07) is 12.7. The van der Waals surface area contributed by atoms with Crippen LogP contribution in [0.2, 0.25) is 0 Å². The highest BCUT2D eigenvalue weighted by Crippen LogP contribution is 2.28. The van der Waals surface area contributed by atoms with Crippen molar-refractivity contribution >= 4 is 12.0 Å². The first kappa shape index (κ1) is 19.2. The van der Waals surface area contributed by atoms with Crippen molar-refractivity contribution < 1.29 is 19.2 Å². The van der Waals surface area contributed by atoms with E-state index < -0.39 is 4.92 Å². The van der Waals surface area contributed by atoms with Gasteiger partial charge in [-0.25, -0.2) is 0 Å². The Morgan fingerprint density at radius 3 is 2.69 bits per heavy atom. The fourth-order valence-electron chi connectivity index (χ4n) is 2.46. The summed E-state index contributed by atoms with van der Waals surface area (Å²) in [6.45, 7) is 4.12. The summed E-state index contributed by atoms with van der Waals surface area (Å²) in [4.78, 5) is 21.5. The minimum atomic E-state index is -0.515. The Kier molecular flexibility index (Phi) is 6.91. The molecule has 26 heavy (non-hydrogen) atoms. The average Bonchev–Trinajstić information content (AvgIpc) is 2.60. The number of para-hydroxylation sites is 1. The maximum absolute atomic E-state index is 11.5. The van der Waals surface area contributed by atoms with Gasteiger partial charge in [0.2, 0.25) is 6.20 Å². The summed E-state index contributed by atoms with van der Waals surface area (Å²) in [6.07, 6.45) is 3.22. The van der Waals surface area contributed by atoms with Gasteiger partial charge in [0, 0.05) is 18.1 Å². The summed E-state index contributed by atoms with van der Waals surface area (Å²) in [7, 11) is 0. The molecule has 0 heterocycles. The lowest BCUT2D eigenvalue weighted by molar-refractivity contribution is -0.400. The molecule has 0 radical (unpaired) electrons. The van der Waals surface area contributed by atoms with Gasteiger partial charge in [-0.3, -0.25) is 14.9 Å². The lowest BCUT2D eigenvalue weighted by Crippen LogP contribution is -2.05. The molecular weight excluding hydrogens is 334 g/mol. The van der Waals surface area contributed by atoms with Crippen LogP contribution in [0.4, 0.5) is 0 Å². The number of ether oxygens (including phenoxy) is 2. The Morgan fingerprint density at radius 1 is 1.23 bits per heavy atom. The summed E-state index contributed by atoms with van der Waals surface area (Å²) in [5, 5.41) is 10.5. The monoisotopic (exact) mass is 355 g/mol. The van der Waals surface area contributed by atoms with Crippen LogP contribution in [0.25, 0.3) is 6.08 Å². The van der Waals surface area contributed by atoms with Gasteiger partial charge in [-0.15, -0.1) is 0 Å². The second-order valence-electron chi connectivity index (χ2n) is 5.63. The first-order valence-corrected chi connectivity index (χ1v) is 8.33. The van der Waals surface area contributed by atoms with Crippen molar-refractivity contribution in [2.75, 3.05) is 6.61 Å². The number of hydrogen-bond acceptors (Lipinski definition) is 5. The molecule has 0 saturated carbocycles. The van der Waals surface area contributed by atoms with Gasteiger partial charge < -0.3 is 9.47 Å². The molecule has 136 valence electrons. The number of nitrogens with zero attached hydrogens (tertiary/aromatic N) is 1. The maximum atomic E-state index is 11.5. The van der Waals surface area contributed by atoms with Gasteiger partial charge >= 0.3 is 5.97 Å². The van der Waals surface area contributed by atoms with Crippen molar-refractivity contribution in [3.8, 4) is 11.5 Å². The standard InChI is InChI=1S/C20H21NO5/c1-3-25-20(22)11-9-16-8-10-18(14-15(16)2)26-19-7-5-4-6-17(19)12-13-21(23)24/h4-8,10,12-14H,3,9,11H2,1-2H3. The van der Waals surface area contributed by atoms with Crippen LogP contribution < -0.4 is 4.74 Å². The molecule has 2 aromatic carbocycles. The van der Waals surface area contributed by atoms with Crippen molar-refractivity contribution in [3.63, 3.8) is 0 Å². The zero-order valence-corrected chi connectivity index (χ0v) is 14.8. The maximum Gasteiger partial charge on any atom is 0.306 e. The number of nitro groups is 1. The molecule has 2 rings (SSSR count). The second-order valence-corrected chi connectivity index (χ2v) is 5.63. The van der Waals surface area contributed by atoms with Crippen LogP contribution in [-0.4, -0.2) is 17.5 Å². The van der Waals surface area contributed by atoms with E-state index in [9.17, 15) is 14.9 Å². The van der Waals surface area contributed by atoms with E-state index in [2.05, 4.69) is 0 Å². The van der Waals surface area contributed by atoms with Gasteiger partial charge in [0.25, 0.3) is 0 Å². The van der Waals surface area contributed by atoms with E-state index in [0.29, 0.717) is 36.5 Å². The van der Waals surface area contributed by atoms with Gasteiger partial charge in [0.1, 0.15) is 11.5 Å². The average molecular weight is 355 g/mol. The van der Waals surface area contributed by atoms with E-state index in [-0.39, 0.29) is 5.97 Å². The van der Waals surface area contributed by atoms with Crippen molar-refractivity contribution in [1.29, 1.82) is 0 Å². The van der Waals surface area contributed by atoms with Gasteiger partial charge in [-0.2, -0.15) is 0 Å². The third kappa shape index (κ3) is 5.73. The summed E-state index contributed by atoms with van der Waals surface area (Å²) < 4.78 is 10.8. The highest BCUT2D eigenvalue weighted by Gasteiger charge is 2.08. The predicted molar refractivity (Wildman–Crippen MR) is 98.7 cm³/mol. The fourth-order valence-corrected chi connectivity index (χ4v) is 2.46. The number of carbonyl (C=O) groups is 1. The summed E-state index contributed by atoms with van der Waals surface area (Å²) >= 11 is 0. The van der Waals surface area contributed by atoms with Crippen LogP contribution in [0.5, 0.6) is 11.5 Å². The van der Waals surface area contributed by atoms with Gasteiger partial charge in [-0.05, 0) is 49.6 Å². The molecule has 0 aliphatic rings. The van der Waals surface area contributed by atoms with Crippen LogP contribution in [0.3, 0.4) is 0 Å². The smallest absolute Gasteiger partial charge is 0.306 e. The molecule has 0 aliphatic heterocycles. The normalized spacial score (nSPS) is 10.7. The Labute approximate surface area is 152 Å². The topological polar surface area (TPSA) is 78.7 Å². The number of esters is 1. The Balaban J connectivity index is 2.10. The van der Waals surface area contributed by atoms with E-state index in [1.54, 1.807) is 31.2 Å². The number of rotatable bonds is 8. The molecule has 6 nitrogen and oxygen atoms in total. The Bertz CT molecular complexity index is 814. The lowest BCUT2D eigenvalue weighted by atomic mass is 10.0. The second kappa shape index (κ2) is 9.36. The predicted octanol–water partition coefficient (Wildman–Crippen LogP) is 4.53. The van der Waals surface area contributed by atoms with Crippen LogP contribution in [0.1, 0.15) is 30.0 Å². The van der Waals surface area contributed by atoms with Gasteiger partial charge in [0.05, 0.1) is 11.5 Å².